The standard InChI is InChI=1S/C11H15BrClNO2S/c1-9-4-5-10(12)11(8-9)14-17(15,16)7-3-2-6-13/h4-5,8,14H,2-3,6-7H2,1H3. The van der Waals surface area contributed by atoms with Crippen LogP contribution in [0.4, 0.5) is 5.69 Å². The van der Waals surface area contributed by atoms with Crippen molar-refractivity contribution in [2.24, 2.45) is 0 Å². The van der Waals surface area contributed by atoms with Crippen molar-refractivity contribution in [3.05, 3.63) is 28.2 Å². The maximum Gasteiger partial charge on any atom is 0.232 e. The van der Waals surface area contributed by atoms with Gasteiger partial charge in [0.1, 0.15) is 0 Å². The molecule has 0 saturated heterocycles. The average Bonchev–Trinajstić information content (AvgIpc) is 2.23. The Morgan fingerprint density at radius 1 is 1.35 bits per heavy atom. The predicted octanol–water partition coefficient (Wildman–Crippen LogP) is 3.52. The summed E-state index contributed by atoms with van der Waals surface area (Å²) in [6, 6.07) is 5.53. The molecule has 6 heteroatoms. The molecule has 96 valence electrons. The fourth-order valence-corrected chi connectivity index (χ4v) is 3.18. The minimum absolute atomic E-state index is 0.0973. The van der Waals surface area contributed by atoms with Crippen molar-refractivity contribution in [3.63, 3.8) is 0 Å². The van der Waals surface area contributed by atoms with E-state index in [4.69, 9.17) is 11.6 Å². The number of anilines is 1. The van der Waals surface area contributed by atoms with E-state index >= 15 is 0 Å². The summed E-state index contributed by atoms with van der Waals surface area (Å²) in [7, 11) is -3.28. The molecule has 1 rings (SSSR count). The number of unbranched alkanes of at least 4 members (excludes halogenated alkanes) is 1. The van der Waals surface area contributed by atoms with E-state index < -0.39 is 10.0 Å². The lowest BCUT2D eigenvalue weighted by Gasteiger charge is -2.10. The summed E-state index contributed by atoms with van der Waals surface area (Å²) in [5, 5.41) is 0. The second-order valence-electron chi connectivity index (χ2n) is 3.80. The number of rotatable bonds is 6. The Balaban J connectivity index is 2.72. The third kappa shape index (κ3) is 5.27. The molecule has 0 saturated carbocycles. The Bertz CT molecular complexity index is 476. The monoisotopic (exact) mass is 339 g/mol. The van der Waals surface area contributed by atoms with E-state index in [-0.39, 0.29) is 5.75 Å². The third-order valence-corrected chi connectivity index (χ3v) is 4.50. The molecule has 1 N–H and O–H groups in total. The van der Waals surface area contributed by atoms with Gasteiger partial charge in [-0.25, -0.2) is 8.42 Å². The molecule has 0 spiro atoms. The van der Waals surface area contributed by atoms with Crippen LogP contribution >= 0.6 is 27.5 Å². The minimum atomic E-state index is -3.28. The van der Waals surface area contributed by atoms with Gasteiger partial charge in [0.05, 0.1) is 11.4 Å². The van der Waals surface area contributed by atoms with Crippen molar-refractivity contribution in [1.29, 1.82) is 0 Å². The normalized spacial score (nSPS) is 11.5. The molecule has 0 fully saturated rings. The first-order valence-corrected chi connectivity index (χ1v) is 8.25. The summed E-state index contributed by atoms with van der Waals surface area (Å²) in [5.74, 6) is 0.587. The van der Waals surface area contributed by atoms with Gasteiger partial charge < -0.3 is 0 Å². The average molecular weight is 341 g/mol. The van der Waals surface area contributed by atoms with Crippen LogP contribution < -0.4 is 4.72 Å². The molecular formula is C11H15BrClNO2S. The molecule has 0 radical (unpaired) electrons. The van der Waals surface area contributed by atoms with Gasteiger partial charge in [-0.1, -0.05) is 6.07 Å². The van der Waals surface area contributed by atoms with E-state index in [0.29, 0.717) is 24.4 Å². The molecule has 3 nitrogen and oxygen atoms in total. The van der Waals surface area contributed by atoms with Gasteiger partial charge >= 0.3 is 0 Å². The number of halogens is 2. The highest BCUT2D eigenvalue weighted by molar-refractivity contribution is 9.10. The molecule has 0 atom stereocenters. The summed E-state index contributed by atoms with van der Waals surface area (Å²) in [5.41, 5.74) is 1.59. The molecule has 0 aliphatic heterocycles. The number of aryl methyl sites for hydroxylation is 1. The zero-order valence-electron chi connectivity index (χ0n) is 9.54. The summed E-state index contributed by atoms with van der Waals surface area (Å²) in [4.78, 5) is 0. The quantitative estimate of drug-likeness (QED) is 0.636. The zero-order valence-corrected chi connectivity index (χ0v) is 12.7. The molecular weight excluding hydrogens is 326 g/mol. The largest absolute Gasteiger partial charge is 0.282 e. The summed E-state index contributed by atoms with van der Waals surface area (Å²) in [6.45, 7) is 1.91. The summed E-state index contributed by atoms with van der Waals surface area (Å²) < 4.78 is 26.8. The van der Waals surface area contributed by atoms with Gasteiger partial charge in [0, 0.05) is 10.4 Å². The number of sulfonamides is 1. The SMILES string of the molecule is Cc1ccc(Br)c(NS(=O)(=O)CCCCCl)c1. The van der Waals surface area contributed by atoms with Crippen LogP contribution in [0.25, 0.3) is 0 Å². The molecule has 1 aromatic rings. The van der Waals surface area contributed by atoms with Gasteiger partial charge in [0.2, 0.25) is 10.0 Å². The third-order valence-electron chi connectivity index (χ3n) is 2.18. The molecule has 0 amide bonds. The molecule has 0 heterocycles. The lowest BCUT2D eigenvalue weighted by Crippen LogP contribution is -2.17. The fraction of sp³-hybridized carbons (Fsp3) is 0.455. The van der Waals surface area contributed by atoms with Crippen molar-refractivity contribution in [2.75, 3.05) is 16.4 Å². The molecule has 0 bridgehead atoms. The summed E-state index contributed by atoms with van der Waals surface area (Å²) in [6.07, 6.45) is 1.28. The highest BCUT2D eigenvalue weighted by Crippen LogP contribution is 2.24. The number of alkyl halides is 1. The Morgan fingerprint density at radius 2 is 2.06 bits per heavy atom. The van der Waals surface area contributed by atoms with Crippen LogP contribution in [0.3, 0.4) is 0 Å². The van der Waals surface area contributed by atoms with Crippen LogP contribution in [0.5, 0.6) is 0 Å². The van der Waals surface area contributed by atoms with Crippen LogP contribution in [-0.2, 0) is 10.0 Å². The maximum absolute atomic E-state index is 11.8. The number of hydrogen-bond acceptors (Lipinski definition) is 2. The molecule has 0 aliphatic rings. The Morgan fingerprint density at radius 3 is 2.71 bits per heavy atom. The first-order chi connectivity index (χ1) is 7.94. The van der Waals surface area contributed by atoms with Crippen molar-refractivity contribution >= 4 is 43.2 Å². The van der Waals surface area contributed by atoms with Crippen molar-refractivity contribution in [2.45, 2.75) is 19.8 Å². The van der Waals surface area contributed by atoms with E-state index in [1.165, 1.54) is 0 Å². The molecule has 1 aromatic carbocycles. The van der Waals surface area contributed by atoms with Gasteiger partial charge in [-0.3, -0.25) is 4.72 Å². The van der Waals surface area contributed by atoms with Gasteiger partial charge in [0.15, 0.2) is 0 Å². The lowest BCUT2D eigenvalue weighted by atomic mass is 10.2. The van der Waals surface area contributed by atoms with Crippen LogP contribution in [-0.4, -0.2) is 20.1 Å². The number of benzene rings is 1. The van der Waals surface area contributed by atoms with E-state index in [0.717, 1.165) is 10.0 Å². The molecule has 0 aromatic heterocycles. The predicted molar refractivity (Wildman–Crippen MR) is 76.2 cm³/mol. The van der Waals surface area contributed by atoms with Crippen molar-refractivity contribution in [3.8, 4) is 0 Å². The lowest BCUT2D eigenvalue weighted by molar-refractivity contribution is 0.598. The van der Waals surface area contributed by atoms with E-state index in [1.807, 2.05) is 19.1 Å². The van der Waals surface area contributed by atoms with Crippen LogP contribution in [0.2, 0.25) is 0 Å². The molecule has 17 heavy (non-hydrogen) atoms. The van der Waals surface area contributed by atoms with Crippen molar-refractivity contribution < 1.29 is 8.42 Å². The highest BCUT2D eigenvalue weighted by atomic mass is 79.9. The van der Waals surface area contributed by atoms with Crippen molar-refractivity contribution in [1.82, 2.24) is 0 Å². The van der Waals surface area contributed by atoms with Gasteiger partial charge in [-0.05, 0) is 53.4 Å². The number of hydrogen-bond donors (Lipinski definition) is 1. The Labute approximate surface area is 116 Å². The van der Waals surface area contributed by atoms with E-state index in [9.17, 15) is 8.42 Å². The first-order valence-electron chi connectivity index (χ1n) is 5.27. The maximum atomic E-state index is 11.8. The molecule has 0 unspecified atom stereocenters. The van der Waals surface area contributed by atoms with Gasteiger partial charge in [-0.15, -0.1) is 11.6 Å². The second kappa shape index (κ2) is 6.61. The van der Waals surface area contributed by atoms with Gasteiger partial charge in [-0.2, -0.15) is 0 Å². The van der Waals surface area contributed by atoms with Crippen LogP contribution in [0, 0.1) is 6.92 Å². The second-order valence-corrected chi connectivity index (χ2v) is 6.87. The first kappa shape index (κ1) is 14.8. The Hall–Kier alpha value is -0.260. The smallest absolute Gasteiger partial charge is 0.232 e. The van der Waals surface area contributed by atoms with Crippen LogP contribution in [0.1, 0.15) is 18.4 Å². The highest BCUT2D eigenvalue weighted by Gasteiger charge is 2.11. The van der Waals surface area contributed by atoms with Crippen LogP contribution in [0.15, 0.2) is 22.7 Å². The number of nitrogens with one attached hydrogen (secondary N) is 1. The Kier molecular flexibility index (Phi) is 5.76. The van der Waals surface area contributed by atoms with E-state index in [2.05, 4.69) is 20.7 Å². The molecule has 0 aliphatic carbocycles. The van der Waals surface area contributed by atoms with Gasteiger partial charge in [0.25, 0.3) is 0 Å². The fourth-order valence-electron chi connectivity index (χ4n) is 1.32. The summed E-state index contributed by atoms with van der Waals surface area (Å²) >= 11 is 8.83. The topological polar surface area (TPSA) is 46.2 Å². The van der Waals surface area contributed by atoms with E-state index in [1.54, 1.807) is 6.07 Å². The minimum Gasteiger partial charge on any atom is -0.282 e. The zero-order chi connectivity index (χ0) is 12.9.